The number of carbonyl (C=O) groups is 2. The maximum Gasteiger partial charge on any atom is 0.408 e. The predicted molar refractivity (Wildman–Crippen MR) is 95.7 cm³/mol. The predicted octanol–water partition coefficient (Wildman–Crippen LogP) is 2.77. The Morgan fingerprint density at radius 1 is 1.38 bits per heavy atom. The molecule has 1 spiro atoms. The quantitative estimate of drug-likeness (QED) is 0.749. The third-order valence-corrected chi connectivity index (χ3v) is 4.74. The average molecular weight is 362 g/mol. The van der Waals surface area contributed by atoms with Crippen molar-refractivity contribution in [3.63, 3.8) is 0 Å². The van der Waals surface area contributed by atoms with Crippen LogP contribution in [0.3, 0.4) is 0 Å². The highest BCUT2D eigenvalue weighted by molar-refractivity contribution is 5.88. The highest BCUT2D eigenvalue weighted by Crippen LogP contribution is 2.44. The van der Waals surface area contributed by atoms with Crippen molar-refractivity contribution in [2.45, 2.75) is 57.8 Å². The second-order valence-corrected chi connectivity index (χ2v) is 8.12. The molecule has 3 rings (SSSR count). The summed E-state index contributed by atoms with van der Waals surface area (Å²) in [5.74, 6) is -0.473. The van der Waals surface area contributed by atoms with E-state index >= 15 is 0 Å². The van der Waals surface area contributed by atoms with Crippen LogP contribution in [0.15, 0.2) is 12.1 Å². The van der Waals surface area contributed by atoms with Gasteiger partial charge >= 0.3 is 12.1 Å². The summed E-state index contributed by atoms with van der Waals surface area (Å²) in [4.78, 5) is 23.8. The molecule has 0 bridgehead atoms. The third kappa shape index (κ3) is 3.77. The maximum absolute atomic E-state index is 12.3. The number of rotatable bonds is 2. The van der Waals surface area contributed by atoms with Gasteiger partial charge in [-0.05, 0) is 51.9 Å². The molecule has 0 aliphatic carbocycles. The van der Waals surface area contributed by atoms with E-state index in [0.717, 1.165) is 24.1 Å². The van der Waals surface area contributed by atoms with Crippen LogP contribution < -0.4 is 15.4 Å². The number of hydrogen-bond donors (Lipinski definition) is 3. The first-order valence-corrected chi connectivity index (χ1v) is 8.86. The Morgan fingerprint density at radius 2 is 2.12 bits per heavy atom. The number of nitrogens with one attached hydrogen (secondary N) is 2. The third-order valence-electron chi connectivity index (χ3n) is 4.74. The van der Waals surface area contributed by atoms with E-state index in [9.17, 15) is 14.7 Å². The van der Waals surface area contributed by atoms with Crippen LogP contribution in [-0.2, 0) is 4.74 Å². The summed E-state index contributed by atoms with van der Waals surface area (Å²) in [6.07, 6.45) is 0.924. The van der Waals surface area contributed by atoms with Gasteiger partial charge in [0.2, 0.25) is 0 Å². The molecule has 2 aliphatic heterocycles. The van der Waals surface area contributed by atoms with Gasteiger partial charge in [0.05, 0.1) is 11.6 Å². The van der Waals surface area contributed by atoms with Gasteiger partial charge in [0.25, 0.3) is 0 Å². The number of carbonyl (C=O) groups excluding carboxylic acids is 1. The van der Waals surface area contributed by atoms with E-state index in [0.29, 0.717) is 18.7 Å². The molecule has 2 aliphatic rings. The van der Waals surface area contributed by atoms with Gasteiger partial charge in [-0.15, -0.1) is 0 Å². The van der Waals surface area contributed by atoms with Crippen molar-refractivity contribution in [3.8, 4) is 5.75 Å². The fraction of sp³-hybridized carbons (Fsp3) is 0.579. The minimum Gasteiger partial charge on any atom is -0.485 e. The molecular formula is C19H26N2O5. The van der Waals surface area contributed by atoms with Crippen LogP contribution in [0.25, 0.3) is 0 Å². The van der Waals surface area contributed by atoms with Crippen LogP contribution in [0.2, 0.25) is 0 Å². The van der Waals surface area contributed by atoms with E-state index in [1.807, 2.05) is 27.7 Å². The zero-order chi connectivity index (χ0) is 19.1. The van der Waals surface area contributed by atoms with Gasteiger partial charge in [-0.3, -0.25) is 0 Å². The van der Waals surface area contributed by atoms with Crippen molar-refractivity contribution in [2.24, 2.45) is 0 Å². The summed E-state index contributed by atoms with van der Waals surface area (Å²) in [6, 6.07) is 2.86. The molecule has 1 fully saturated rings. The van der Waals surface area contributed by atoms with E-state index in [1.165, 1.54) is 0 Å². The van der Waals surface area contributed by atoms with Crippen LogP contribution in [0, 0.1) is 6.92 Å². The van der Waals surface area contributed by atoms with Gasteiger partial charge < -0.3 is 25.2 Å². The van der Waals surface area contributed by atoms with Crippen molar-refractivity contribution in [1.82, 2.24) is 10.6 Å². The Kier molecular flexibility index (Phi) is 4.60. The first kappa shape index (κ1) is 18.5. The molecule has 3 N–H and O–H groups in total. The van der Waals surface area contributed by atoms with Gasteiger partial charge in [0.15, 0.2) is 0 Å². The first-order chi connectivity index (χ1) is 12.1. The molecule has 0 saturated carbocycles. The summed E-state index contributed by atoms with van der Waals surface area (Å²) >= 11 is 0. The number of alkyl carbamates (subject to hydrolysis) is 1. The minimum absolute atomic E-state index is 0.181. The number of hydrogen-bond acceptors (Lipinski definition) is 5. The summed E-state index contributed by atoms with van der Waals surface area (Å²) in [5, 5.41) is 15.6. The monoisotopic (exact) mass is 362 g/mol. The van der Waals surface area contributed by atoms with E-state index < -0.39 is 23.3 Å². The van der Waals surface area contributed by atoms with Crippen molar-refractivity contribution in [2.75, 3.05) is 13.1 Å². The van der Waals surface area contributed by atoms with Crippen LogP contribution in [-0.4, -0.2) is 41.5 Å². The Labute approximate surface area is 153 Å². The van der Waals surface area contributed by atoms with Gasteiger partial charge in [0.1, 0.15) is 17.0 Å². The number of amides is 1. The van der Waals surface area contributed by atoms with E-state index in [-0.39, 0.29) is 11.6 Å². The van der Waals surface area contributed by atoms with E-state index in [1.54, 1.807) is 12.1 Å². The fourth-order valence-electron chi connectivity index (χ4n) is 3.72. The van der Waals surface area contributed by atoms with Gasteiger partial charge in [0, 0.05) is 24.9 Å². The zero-order valence-electron chi connectivity index (χ0n) is 15.6. The molecular weight excluding hydrogens is 336 g/mol. The number of benzene rings is 1. The van der Waals surface area contributed by atoms with E-state index in [4.69, 9.17) is 9.47 Å². The summed E-state index contributed by atoms with van der Waals surface area (Å²) in [5.41, 5.74) is 0.740. The number of aryl methyl sites for hydroxylation is 1. The van der Waals surface area contributed by atoms with Crippen LogP contribution in [0.5, 0.6) is 5.75 Å². The molecule has 2 unspecified atom stereocenters. The SMILES string of the molecule is Cc1cc(C(=O)O)cc2c1C(NC(=O)OC(C)(C)C)CC1(CCNC1)O2. The summed E-state index contributed by atoms with van der Waals surface area (Å²) in [7, 11) is 0. The lowest BCUT2D eigenvalue weighted by Crippen LogP contribution is -2.47. The fourth-order valence-corrected chi connectivity index (χ4v) is 3.72. The van der Waals surface area contributed by atoms with Crippen LogP contribution >= 0.6 is 0 Å². The van der Waals surface area contributed by atoms with Crippen molar-refractivity contribution in [3.05, 3.63) is 28.8 Å². The second kappa shape index (κ2) is 6.46. The molecule has 2 heterocycles. The topological polar surface area (TPSA) is 96.9 Å². The standard InChI is InChI=1S/C19H26N2O5/c1-11-7-12(16(22)23)8-14-15(11)13(21-17(24)26-18(2,3)4)9-19(25-14)5-6-20-10-19/h7-8,13,20H,5-6,9-10H2,1-4H3,(H,21,24)(H,22,23). The molecule has 1 aromatic carbocycles. The number of fused-ring (bicyclic) bond motifs is 1. The smallest absolute Gasteiger partial charge is 0.408 e. The van der Waals surface area contributed by atoms with Crippen molar-refractivity contribution in [1.29, 1.82) is 0 Å². The number of ether oxygens (including phenoxy) is 2. The summed E-state index contributed by atoms with van der Waals surface area (Å²) < 4.78 is 11.7. The molecule has 2 atom stereocenters. The molecule has 1 aromatic rings. The van der Waals surface area contributed by atoms with Crippen molar-refractivity contribution < 1.29 is 24.2 Å². The Morgan fingerprint density at radius 3 is 2.69 bits per heavy atom. The first-order valence-electron chi connectivity index (χ1n) is 8.86. The number of carboxylic acid groups (broad SMARTS) is 1. The Balaban J connectivity index is 1.96. The highest BCUT2D eigenvalue weighted by Gasteiger charge is 2.44. The Hall–Kier alpha value is -2.28. The lowest BCUT2D eigenvalue weighted by molar-refractivity contribution is 0.0317. The average Bonchev–Trinajstić information content (AvgIpc) is 2.91. The largest absolute Gasteiger partial charge is 0.485 e. The molecule has 142 valence electrons. The highest BCUT2D eigenvalue weighted by atomic mass is 16.6. The maximum atomic E-state index is 12.3. The van der Waals surface area contributed by atoms with Crippen molar-refractivity contribution >= 4 is 12.1 Å². The molecule has 26 heavy (non-hydrogen) atoms. The molecule has 7 nitrogen and oxygen atoms in total. The molecule has 1 saturated heterocycles. The molecule has 1 amide bonds. The van der Waals surface area contributed by atoms with Crippen LogP contribution in [0.4, 0.5) is 4.79 Å². The lowest BCUT2D eigenvalue weighted by Gasteiger charge is -2.40. The van der Waals surface area contributed by atoms with Gasteiger partial charge in [-0.25, -0.2) is 9.59 Å². The molecule has 7 heteroatoms. The minimum atomic E-state index is -1.000. The van der Waals surface area contributed by atoms with E-state index in [2.05, 4.69) is 10.6 Å². The number of carboxylic acids is 1. The second-order valence-electron chi connectivity index (χ2n) is 8.12. The van der Waals surface area contributed by atoms with Gasteiger partial charge in [-0.2, -0.15) is 0 Å². The zero-order valence-corrected chi connectivity index (χ0v) is 15.6. The van der Waals surface area contributed by atoms with Gasteiger partial charge in [-0.1, -0.05) is 0 Å². The lowest BCUT2D eigenvalue weighted by atomic mass is 9.84. The molecule has 0 radical (unpaired) electrons. The number of aromatic carboxylic acids is 1. The molecule has 0 aromatic heterocycles. The summed E-state index contributed by atoms with van der Waals surface area (Å²) in [6.45, 7) is 8.77. The van der Waals surface area contributed by atoms with Crippen LogP contribution in [0.1, 0.15) is 61.1 Å². The normalized spacial score (nSPS) is 24.7. The Bertz CT molecular complexity index is 732.